The van der Waals surface area contributed by atoms with E-state index in [2.05, 4.69) is 9.69 Å². The molecule has 0 aliphatic heterocycles. The number of benzene rings is 2. The first-order valence-electron chi connectivity index (χ1n) is 15.9. The first-order valence-corrected chi connectivity index (χ1v) is 15.9. The van der Waals surface area contributed by atoms with Gasteiger partial charge in [0.2, 0.25) is 0 Å². The number of hydrogen-bond donors (Lipinski definition) is 2. The quantitative estimate of drug-likeness (QED) is 0.0978. The molecule has 2 saturated carbocycles. The monoisotopic (exact) mass is 707 g/mol. The topological polar surface area (TPSA) is 180 Å². The van der Waals surface area contributed by atoms with Crippen LogP contribution in [-0.4, -0.2) is 35.0 Å². The van der Waals surface area contributed by atoms with Crippen molar-refractivity contribution in [2.45, 2.75) is 87.0 Å². The molecule has 2 fully saturated rings. The molecule has 0 aromatic heterocycles. The Morgan fingerprint density at radius 3 is 1.60 bits per heavy atom. The van der Waals surface area contributed by atoms with Gasteiger partial charge in [-0.25, -0.2) is 16.7 Å². The first-order chi connectivity index (χ1) is 23.4. The fraction of sp³-hybridized carbons (Fsp3) is 0.381. The molecular formula is C42H53N5O5. The number of carbonyl (C=O) groups excluding carboxylic acids is 3. The van der Waals surface area contributed by atoms with Gasteiger partial charge >= 0.3 is 0 Å². The first kappa shape index (κ1) is 50.4. The van der Waals surface area contributed by atoms with E-state index >= 15 is 0 Å². The number of carboxylic acid groups (broad SMARTS) is 1. The van der Waals surface area contributed by atoms with Crippen LogP contribution in [0.4, 0.5) is 0 Å². The minimum atomic E-state index is -0.833. The summed E-state index contributed by atoms with van der Waals surface area (Å²) < 4.78 is 0. The van der Waals surface area contributed by atoms with Gasteiger partial charge in [-0.2, -0.15) is 5.26 Å². The molecule has 4 N–H and O–H groups in total. The fourth-order valence-electron chi connectivity index (χ4n) is 5.33. The number of carboxylic acids is 1. The highest BCUT2D eigenvalue weighted by atomic mass is 16.4. The lowest BCUT2D eigenvalue weighted by atomic mass is 9.68. The molecule has 2 aliphatic carbocycles. The zero-order valence-corrected chi connectivity index (χ0v) is 29.0. The van der Waals surface area contributed by atoms with Gasteiger partial charge in [-0.1, -0.05) is 107 Å². The van der Waals surface area contributed by atoms with Crippen molar-refractivity contribution < 1.29 is 24.3 Å². The highest BCUT2D eigenvalue weighted by Crippen LogP contribution is 2.43. The van der Waals surface area contributed by atoms with E-state index in [1.54, 1.807) is 37.3 Å². The summed E-state index contributed by atoms with van der Waals surface area (Å²) in [5, 5.41) is 24.2. The van der Waals surface area contributed by atoms with Gasteiger partial charge in [0.1, 0.15) is 11.9 Å². The summed E-state index contributed by atoms with van der Waals surface area (Å²) >= 11 is 0. The molecule has 2 aromatic rings. The standard InChI is InChI=1S/C19H18N2O.C16H18O2.C3H2N2.C2H4O2.2CH4.H3N/c1-19(13-7-6-10-16(19)17(14-20)21-2)18(22)12-11-15-8-4-3-5-9-15;1-16(12-6-5-9-14(16)17)15(18)11-10-13-7-3-2-4-8-13;1-5-3-2-4;1-2(3)4;;;/h3-5,8-9,11-12H,6-7,10,13H2,1H3;2-4,7-8,10-11H,5-6,9,12H2,1H3;3H2;1H3,(H,3,4);2*1H4;1H3/b12-11+,17-16+;11-10+;;;;;. The van der Waals surface area contributed by atoms with Crippen molar-refractivity contribution in [1.29, 1.82) is 10.5 Å². The molecule has 0 radical (unpaired) electrons. The maximum Gasteiger partial charge on any atom is 0.300 e. The van der Waals surface area contributed by atoms with Crippen LogP contribution >= 0.6 is 0 Å². The van der Waals surface area contributed by atoms with E-state index in [1.807, 2.05) is 73.7 Å². The van der Waals surface area contributed by atoms with E-state index in [0.29, 0.717) is 31.3 Å². The van der Waals surface area contributed by atoms with Crippen LogP contribution in [0.25, 0.3) is 21.8 Å². The molecule has 52 heavy (non-hydrogen) atoms. The zero-order chi connectivity index (χ0) is 36.7. The van der Waals surface area contributed by atoms with Gasteiger partial charge < -0.3 is 16.1 Å². The van der Waals surface area contributed by atoms with Gasteiger partial charge in [0.15, 0.2) is 11.6 Å². The molecule has 0 heterocycles. The second kappa shape index (κ2) is 26.9. The molecule has 2 unspecified atom stereocenters. The average Bonchev–Trinajstić information content (AvgIpc) is 3.10. The molecule has 276 valence electrons. The largest absolute Gasteiger partial charge is 0.481 e. The van der Waals surface area contributed by atoms with Crippen molar-refractivity contribution in [3.8, 4) is 12.1 Å². The Labute approximate surface area is 310 Å². The van der Waals surface area contributed by atoms with E-state index in [1.165, 1.54) is 0 Å². The molecule has 10 heteroatoms. The third-order valence-electron chi connectivity index (χ3n) is 8.16. The van der Waals surface area contributed by atoms with Gasteiger partial charge in [-0.15, -0.1) is 0 Å². The number of ketones is 3. The van der Waals surface area contributed by atoms with Crippen molar-refractivity contribution in [3.05, 3.63) is 118 Å². The molecule has 0 spiro atoms. The lowest BCUT2D eigenvalue weighted by Crippen LogP contribution is -2.37. The number of hydrogen-bond acceptors (Lipinski definition) is 7. The molecule has 4 rings (SSSR count). The number of Topliss-reactive ketones (excluding diaryl/α,β-unsaturated/α-hetero) is 1. The lowest BCUT2D eigenvalue weighted by Gasteiger charge is -2.34. The number of nitriles is 2. The number of rotatable bonds is 6. The van der Waals surface area contributed by atoms with Crippen molar-refractivity contribution in [3.63, 3.8) is 0 Å². The molecule has 2 aliphatic rings. The molecule has 0 amide bonds. The Morgan fingerprint density at radius 2 is 1.23 bits per heavy atom. The highest BCUT2D eigenvalue weighted by molar-refractivity contribution is 6.12. The van der Waals surface area contributed by atoms with Crippen molar-refractivity contribution in [2.24, 2.45) is 10.8 Å². The van der Waals surface area contributed by atoms with E-state index in [9.17, 15) is 14.4 Å². The van der Waals surface area contributed by atoms with Crippen LogP contribution < -0.4 is 6.15 Å². The van der Waals surface area contributed by atoms with Crippen LogP contribution in [0.15, 0.2) is 84.1 Å². The summed E-state index contributed by atoms with van der Waals surface area (Å²) in [6, 6.07) is 22.9. The van der Waals surface area contributed by atoms with Crippen molar-refractivity contribution in [1.82, 2.24) is 6.15 Å². The Morgan fingerprint density at radius 1 is 0.808 bits per heavy atom. The van der Waals surface area contributed by atoms with Gasteiger partial charge in [0.05, 0.1) is 18.1 Å². The summed E-state index contributed by atoms with van der Waals surface area (Å²) in [5.74, 6) is -0.824. The molecule has 2 atom stereocenters. The SMILES string of the molecule is C.C.CC(=O)O.CC1(C(=O)/C=C/c2ccccc2)CCCCC1=O.N.[C-]#[N+]/C(C#N)=C1\CCCCC1(C)C(=O)/C=C/c1ccccc1.[C-]#[N+]CC#N. The van der Waals surface area contributed by atoms with Crippen LogP contribution in [0.1, 0.15) is 98.1 Å². The maximum atomic E-state index is 12.7. The summed E-state index contributed by atoms with van der Waals surface area (Å²) in [4.78, 5) is 51.9. The molecular weight excluding hydrogens is 654 g/mol. The van der Waals surface area contributed by atoms with Gasteiger partial charge in [-0.05, 0) is 68.4 Å². The van der Waals surface area contributed by atoms with E-state index in [0.717, 1.165) is 43.7 Å². The number of carbonyl (C=O) groups is 4. The number of nitrogens with zero attached hydrogens (tertiary/aromatic N) is 4. The Balaban J connectivity index is -0.000000722. The minimum Gasteiger partial charge on any atom is -0.481 e. The van der Waals surface area contributed by atoms with Crippen LogP contribution in [0.5, 0.6) is 0 Å². The third-order valence-corrected chi connectivity index (χ3v) is 8.16. The molecule has 0 saturated heterocycles. The van der Waals surface area contributed by atoms with Crippen LogP contribution in [-0.2, 0) is 19.2 Å². The molecule has 2 aromatic carbocycles. The van der Waals surface area contributed by atoms with Crippen molar-refractivity contribution in [2.75, 3.05) is 6.54 Å². The maximum absolute atomic E-state index is 12.7. The minimum absolute atomic E-state index is 0. The Bertz CT molecular complexity index is 1670. The summed E-state index contributed by atoms with van der Waals surface area (Å²) in [6.07, 6.45) is 13.1. The van der Waals surface area contributed by atoms with Crippen LogP contribution in [0.3, 0.4) is 0 Å². The summed E-state index contributed by atoms with van der Waals surface area (Å²) in [5.41, 5.74) is 1.23. The van der Waals surface area contributed by atoms with Crippen LogP contribution in [0, 0.1) is 46.6 Å². The predicted molar refractivity (Wildman–Crippen MR) is 207 cm³/mol. The van der Waals surface area contributed by atoms with E-state index < -0.39 is 16.8 Å². The Kier molecular flexibility index (Phi) is 26.1. The summed E-state index contributed by atoms with van der Waals surface area (Å²) in [7, 11) is 0. The van der Waals surface area contributed by atoms with E-state index in [-0.39, 0.29) is 50.6 Å². The number of allylic oxidation sites excluding steroid dienone is 4. The van der Waals surface area contributed by atoms with Crippen molar-refractivity contribution >= 4 is 35.5 Å². The van der Waals surface area contributed by atoms with E-state index in [4.69, 9.17) is 33.6 Å². The highest BCUT2D eigenvalue weighted by Gasteiger charge is 2.40. The predicted octanol–water partition coefficient (Wildman–Crippen LogP) is 9.92. The summed E-state index contributed by atoms with van der Waals surface area (Å²) in [6.45, 7) is 17.9. The smallest absolute Gasteiger partial charge is 0.300 e. The second-order valence-electron chi connectivity index (χ2n) is 11.8. The third kappa shape index (κ3) is 16.6. The van der Waals surface area contributed by atoms with Gasteiger partial charge in [0, 0.05) is 18.8 Å². The molecule has 10 nitrogen and oxygen atoms in total. The Hall–Kier alpha value is -5.94. The lowest BCUT2D eigenvalue weighted by molar-refractivity contribution is -0.139. The zero-order valence-electron chi connectivity index (χ0n) is 29.0. The molecule has 0 bridgehead atoms. The van der Waals surface area contributed by atoms with Gasteiger partial charge in [-0.3, -0.25) is 19.2 Å². The average molecular weight is 708 g/mol. The van der Waals surface area contributed by atoms with Gasteiger partial charge in [0.25, 0.3) is 18.2 Å². The fourth-order valence-corrected chi connectivity index (χ4v) is 5.33. The normalized spacial score (nSPS) is 19.3. The second-order valence-corrected chi connectivity index (χ2v) is 11.8. The number of aliphatic carboxylic acids is 1. The van der Waals surface area contributed by atoms with Crippen LogP contribution in [0.2, 0.25) is 0 Å².